The topological polar surface area (TPSA) is 33.0 Å². The monoisotopic (exact) mass is 313 g/mol. The number of benzene rings is 2. The molecule has 0 bridgehead atoms. The fourth-order valence-corrected chi connectivity index (χ4v) is 2.07. The molecule has 3 heteroatoms. The van der Waals surface area contributed by atoms with E-state index in [9.17, 15) is 0 Å². The normalized spacial score (nSPS) is 10.3. The number of rotatable bonds is 4. The quantitative estimate of drug-likeness (QED) is 0.837. The van der Waals surface area contributed by atoms with Gasteiger partial charge in [0.15, 0.2) is 0 Å². The van der Waals surface area contributed by atoms with Gasteiger partial charge in [-0.3, -0.25) is 0 Å². The fraction of sp³-hybridized carbons (Fsp3) is 0.0625. The van der Waals surface area contributed by atoms with Crippen LogP contribution in [0.2, 0.25) is 0 Å². The van der Waals surface area contributed by atoms with E-state index < -0.39 is 0 Å². The first-order valence-corrected chi connectivity index (χ1v) is 6.63. The third-order valence-corrected chi connectivity index (χ3v) is 3.13. The molecule has 0 atom stereocenters. The van der Waals surface area contributed by atoms with Crippen molar-refractivity contribution >= 4 is 22.0 Å². The zero-order valence-corrected chi connectivity index (χ0v) is 11.8. The van der Waals surface area contributed by atoms with Crippen LogP contribution in [-0.4, -0.2) is 6.61 Å². The maximum atomic E-state index is 8.77. The first kappa shape index (κ1) is 13.4. The standard InChI is InChI=1S/C16H12BrNO/c17-15-11-14(12-18)8-9-16(15)19-10-4-7-13-5-2-1-3-6-13/h1-9,11H,10H2/b7-4+. The number of nitriles is 1. The van der Waals surface area contributed by atoms with E-state index in [1.807, 2.05) is 42.5 Å². The Morgan fingerprint density at radius 2 is 1.95 bits per heavy atom. The molecule has 0 aliphatic heterocycles. The zero-order valence-electron chi connectivity index (χ0n) is 10.2. The van der Waals surface area contributed by atoms with Crippen molar-refractivity contribution in [2.24, 2.45) is 0 Å². The van der Waals surface area contributed by atoms with Crippen LogP contribution in [0.1, 0.15) is 11.1 Å². The van der Waals surface area contributed by atoms with Crippen LogP contribution < -0.4 is 4.74 Å². The van der Waals surface area contributed by atoms with Gasteiger partial charge in [0, 0.05) is 0 Å². The minimum Gasteiger partial charge on any atom is -0.488 e. The van der Waals surface area contributed by atoms with Crippen molar-refractivity contribution in [1.29, 1.82) is 5.26 Å². The molecule has 0 spiro atoms. The van der Waals surface area contributed by atoms with Gasteiger partial charge in [-0.15, -0.1) is 0 Å². The average Bonchev–Trinajstić information content (AvgIpc) is 2.46. The number of nitrogens with zero attached hydrogens (tertiary/aromatic N) is 1. The lowest BCUT2D eigenvalue weighted by Crippen LogP contribution is -1.94. The fourth-order valence-electron chi connectivity index (χ4n) is 1.57. The molecule has 0 aliphatic carbocycles. The van der Waals surface area contributed by atoms with E-state index >= 15 is 0 Å². The average molecular weight is 314 g/mol. The summed E-state index contributed by atoms with van der Waals surface area (Å²) in [4.78, 5) is 0. The minimum absolute atomic E-state index is 0.486. The second-order valence-corrected chi connectivity index (χ2v) is 4.74. The highest BCUT2D eigenvalue weighted by atomic mass is 79.9. The summed E-state index contributed by atoms with van der Waals surface area (Å²) in [6.07, 6.45) is 3.97. The lowest BCUT2D eigenvalue weighted by molar-refractivity contribution is 0.361. The van der Waals surface area contributed by atoms with Crippen molar-refractivity contribution < 1.29 is 4.74 Å². The molecule has 19 heavy (non-hydrogen) atoms. The highest BCUT2D eigenvalue weighted by Gasteiger charge is 2.01. The minimum atomic E-state index is 0.486. The lowest BCUT2D eigenvalue weighted by atomic mass is 10.2. The molecule has 2 rings (SSSR count). The van der Waals surface area contributed by atoms with E-state index in [0.29, 0.717) is 12.2 Å². The Labute approximate surface area is 121 Å². The molecule has 0 radical (unpaired) electrons. The van der Waals surface area contributed by atoms with Crippen molar-refractivity contribution in [2.75, 3.05) is 6.61 Å². The van der Waals surface area contributed by atoms with Gasteiger partial charge in [0.25, 0.3) is 0 Å². The molecule has 0 heterocycles. The zero-order chi connectivity index (χ0) is 13.5. The molecular formula is C16H12BrNO. The molecule has 0 fully saturated rings. The summed E-state index contributed by atoms with van der Waals surface area (Å²) < 4.78 is 6.41. The van der Waals surface area contributed by atoms with Gasteiger partial charge in [0.2, 0.25) is 0 Å². The maximum Gasteiger partial charge on any atom is 0.134 e. The third-order valence-electron chi connectivity index (χ3n) is 2.51. The number of hydrogen-bond acceptors (Lipinski definition) is 2. The Balaban J connectivity index is 1.93. The smallest absolute Gasteiger partial charge is 0.134 e. The molecule has 0 aliphatic rings. The second-order valence-electron chi connectivity index (χ2n) is 3.88. The number of hydrogen-bond donors (Lipinski definition) is 0. The molecule has 0 aromatic heterocycles. The predicted octanol–water partition coefficient (Wildman–Crippen LogP) is 4.41. The molecule has 2 aromatic carbocycles. The molecule has 94 valence electrons. The highest BCUT2D eigenvalue weighted by molar-refractivity contribution is 9.10. The van der Waals surface area contributed by atoms with Crippen LogP contribution in [0, 0.1) is 11.3 Å². The first-order chi connectivity index (χ1) is 9.29. The van der Waals surface area contributed by atoms with Gasteiger partial charge in [-0.05, 0) is 45.8 Å². The van der Waals surface area contributed by atoms with Gasteiger partial charge >= 0.3 is 0 Å². The van der Waals surface area contributed by atoms with E-state index in [-0.39, 0.29) is 0 Å². The van der Waals surface area contributed by atoms with Crippen LogP contribution >= 0.6 is 15.9 Å². The Morgan fingerprint density at radius 1 is 1.16 bits per heavy atom. The lowest BCUT2D eigenvalue weighted by Gasteiger charge is -2.05. The Kier molecular flexibility index (Phi) is 4.77. The van der Waals surface area contributed by atoms with Crippen molar-refractivity contribution in [3.05, 3.63) is 70.2 Å². The molecule has 0 N–H and O–H groups in total. The van der Waals surface area contributed by atoms with Gasteiger partial charge in [0.1, 0.15) is 12.4 Å². The molecule has 2 aromatic rings. The second kappa shape index (κ2) is 6.77. The van der Waals surface area contributed by atoms with Crippen molar-refractivity contribution in [3.63, 3.8) is 0 Å². The van der Waals surface area contributed by atoms with Crippen molar-refractivity contribution in [3.8, 4) is 11.8 Å². The van der Waals surface area contributed by atoms with Gasteiger partial charge < -0.3 is 4.74 Å². The first-order valence-electron chi connectivity index (χ1n) is 5.83. The van der Waals surface area contributed by atoms with E-state index in [2.05, 4.69) is 22.0 Å². The summed E-state index contributed by atoms with van der Waals surface area (Å²) >= 11 is 3.38. The van der Waals surface area contributed by atoms with Crippen LogP contribution in [0.5, 0.6) is 5.75 Å². The predicted molar refractivity (Wildman–Crippen MR) is 79.8 cm³/mol. The van der Waals surface area contributed by atoms with Crippen LogP contribution in [0.3, 0.4) is 0 Å². The van der Waals surface area contributed by atoms with Gasteiger partial charge in [-0.1, -0.05) is 36.4 Å². The number of halogens is 1. The molecule has 0 amide bonds. The third kappa shape index (κ3) is 3.97. The van der Waals surface area contributed by atoms with E-state index in [1.165, 1.54) is 0 Å². The molecule has 0 unspecified atom stereocenters. The van der Waals surface area contributed by atoms with Crippen molar-refractivity contribution in [1.82, 2.24) is 0 Å². The van der Waals surface area contributed by atoms with Crippen LogP contribution in [0.15, 0.2) is 59.1 Å². The van der Waals surface area contributed by atoms with Crippen LogP contribution in [0.4, 0.5) is 0 Å². The van der Waals surface area contributed by atoms with E-state index in [4.69, 9.17) is 10.00 Å². The van der Waals surface area contributed by atoms with Gasteiger partial charge in [-0.2, -0.15) is 5.26 Å². The Morgan fingerprint density at radius 3 is 2.63 bits per heavy atom. The van der Waals surface area contributed by atoms with Gasteiger partial charge in [-0.25, -0.2) is 0 Å². The largest absolute Gasteiger partial charge is 0.488 e. The molecular weight excluding hydrogens is 302 g/mol. The summed E-state index contributed by atoms with van der Waals surface area (Å²) in [7, 11) is 0. The maximum absolute atomic E-state index is 8.77. The van der Waals surface area contributed by atoms with E-state index in [1.54, 1.807) is 18.2 Å². The summed E-state index contributed by atoms with van der Waals surface area (Å²) in [5.74, 6) is 0.733. The van der Waals surface area contributed by atoms with Crippen LogP contribution in [0.25, 0.3) is 6.08 Å². The molecule has 0 saturated carbocycles. The SMILES string of the molecule is N#Cc1ccc(OC/C=C/c2ccccc2)c(Br)c1. The molecule has 2 nitrogen and oxygen atoms in total. The summed E-state index contributed by atoms with van der Waals surface area (Å²) in [5, 5.41) is 8.77. The van der Waals surface area contributed by atoms with Crippen LogP contribution in [-0.2, 0) is 0 Å². The Hall–Kier alpha value is -2.05. The highest BCUT2D eigenvalue weighted by Crippen LogP contribution is 2.25. The van der Waals surface area contributed by atoms with Gasteiger partial charge in [0.05, 0.1) is 16.1 Å². The number of ether oxygens (including phenoxy) is 1. The summed E-state index contributed by atoms with van der Waals surface area (Å²) in [6, 6.07) is 17.4. The van der Waals surface area contributed by atoms with Crippen molar-refractivity contribution in [2.45, 2.75) is 0 Å². The molecule has 0 saturated heterocycles. The summed E-state index contributed by atoms with van der Waals surface area (Å²) in [6.45, 7) is 0.486. The van der Waals surface area contributed by atoms with E-state index in [0.717, 1.165) is 15.8 Å². The Bertz CT molecular complexity index is 614. The summed E-state index contributed by atoms with van der Waals surface area (Å²) in [5.41, 5.74) is 1.75.